The molecule has 20 heavy (non-hydrogen) atoms. The topological polar surface area (TPSA) is 41.1 Å². The van der Waals surface area contributed by atoms with Gasteiger partial charge in [-0.3, -0.25) is 4.79 Å². The van der Waals surface area contributed by atoms with Gasteiger partial charge < -0.3 is 10.6 Å². The number of amides is 1. The van der Waals surface area contributed by atoms with E-state index in [1.807, 2.05) is 13.0 Å². The van der Waals surface area contributed by atoms with Gasteiger partial charge in [0.05, 0.1) is 6.54 Å². The van der Waals surface area contributed by atoms with Crippen molar-refractivity contribution >= 4 is 5.91 Å². The summed E-state index contributed by atoms with van der Waals surface area (Å²) in [5.74, 6) is 1.07. The first-order valence-electron chi connectivity index (χ1n) is 7.55. The van der Waals surface area contributed by atoms with Gasteiger partial charge in [-0.05, 0) is 37.3 Å². The summed E-state index contributed by atoms with van der Waals surface area (Å²) in [4.78, 5) is 11.7. The molecule has 2 N–H and O–H groups in total. The van der Waals surface area contributed by atoms with Crippen molar-refractivity contribution in [2.75, 3.05) is 13.1 Å². The van der Waals surface area contributed by atoms with E-state index in [4.69, 9.17) is 0 Å². The second kappa shape index (κ2) is 8.75. The van der Waals surface area contributed by atoms with Gasteiger partial charge in [0.1, 0.15) is 0 Å². The Kier molecular flexibility index (Phi) is 7.31. The molecule has 0 fully saturated rings. The molecule has 0 aromatic heterocycles. The molecule has 3 heteroatoms. The lowest BCUT2D eigenvalue weighted by Gasteiger charge is -2.18. The van der Waals surface area contributed by atoms with Crippen LogP contribution in [-0.2, 0) is 4.79 Å². The summed E-state index contributed by atoms with van der Waals surface area (Å²) >= 11 is 0. The first-order chi connectivity index (χ1) is 9.50. The minimum atomic E-state index is 0.0820. The van der Waals surface area contributed by atoms with Crippen LogP contribution in [0.2, 0.25) is 0 Å². The predicted octanol–water partition coefficient (Wildman–Crippen LogP) is 2.93. The van der Waals surface area contributed by atoms with Gasteiger partial charge >= 0.3 is 0 Å². The van der Waals surface area contributed by atoms with Gasteiger partial charge in [0.2, 0.25) is 5.91 Å². The molecule has 0 heterocycles. The SMILES string of the molecule is CC(CCNCC(=O)NC(C)C(C)C)c1ccccc1. The fraction of sp³-hybridized carbons (Fsp3) is 0.588. The van der Waals surface area contributed by atoms with E-state index < -0.39 is 0 Å². The Morgan fingerprint density at radius 1 is 1.10 bits per heavy atom. The highest BCUT2D eigenvalue weighted by atomic mass is 16.1. The van der Waals surface area contributed by atoms with Crippen LogP contribution < -0.4 is 10.6 Å². The molecule has 112 valence electrons. The molecule has 1 aromatic rings. The number of nitrogens with one attached hydrogen (secondary N) is 2. The second-order valence-corrected chi connectivity index (χ2v) is 5.88. The van der Waals surface area contributed by atoms with Crippen molar-refractivity contribution in [1.29, 1.82) is 0 Å². The monoisotopic (exact) mass is 276 g/mol. The molecule has 0 aliphatic heterocycles. The molecule has 2 unspecified atom stereocenters. The van der Waals surface area contributed by atoms with Crippen LogP contribution >= 0.6 is 0 Å². The lowest BCUT2D eigenvalue weighted by atomic mass is 9.98. The summed E-state index contributed by atoms with van der Waals surface area (Å²) in [6, 6.07) is 10.7. The van der Waals surface area contributed by atoms with E-state index >= 15 is 0 Å². The molecule has 0 radical (unpaired) electrons. The van der Waals surface area contributed by atoms with Crippen molar-refractivity contribution in [1.82, 2.24) is 10.6 Å². The quantitative estimate of drug-likeness (QED) is 0.717. The second-order valence-electron chi connectivity index (χ2n) is 5.88. The van der Waals surface area contributed by atoms with Gasteiger partial charge in [0.15, 0.2) is 0 Å². The zero-order chi connectivity index (χ0) is 15.0. The Morgan fingerprint density at radius 2 is 1.75 bits per heavy atom. The molecular weight excluding hydrogens is 248 g/mol. The number of carbonyl (C=O) groups is 1. The summed E-state index contributed by atoms with van der Waals surface area (Å²) in [5, 5.41) is 6.22. The third-order valence-corrected chi connectivity index (χ3v) is 3.80. The third-order valence-electron chi connectivity index (χ3n) is 3.80. The molecule has 0 saturated heterocycles. The molecule has 1 amide bonds. The Morgan fingerprint density at radius 3 is 2.35 bits per heavy atom. The van der Waals surface area contributed by atoms with E-state index in [1.165, 1.54) is 5.56 Å². The van der Waals surface area contributed by atoms with Crippen molar-refractivity contribution < 1.29 is 4.79 Å². The van der Waals surface area contributed by atoms with Crippen molar-refractivity contribution in [3.63, 3.8) is 0 Å². The minimum Gasteiger partial charge on any atom is -0.352 e. The summed E-state index contributed by atoms with van der Waals surface area (Å²) in [6.07, 6.45) is 1.04. The smallest absolute Gasteiger partial charge is 0.234 e. The standard InChI is InChI=1S/C17H28N2O/c1-13(2)15(4)19-17(20)12-18-11-10-14(3)16-8-6-5-7-9-16/h5-9,13-15,18H,10-12H2,1-4H3,(H,19,20). The summed E-state index contributed by atoms with van der Waals surface area (Å²) in [5.41, 5.74) is 1.35. The van der Waals surface area contributed by atoms with Crippen molar-refractivity contribution in [3.05, 3.63) is 35.9 Å². The van der Waals surface area contributed by atoms with Crippen LogP contribution in [0.5, 0.6) is 0 Å². The fourth-order valence-corrected chi connectivity index (χ4v) is 1.94. The highest BCUT2D eigenvalue weighted by molar-refractivity contribution is 5.78. The average molecular weight is 276 g/mol. The van der Waals surface area contributed by atoms with Crippen LogP contribution in [0.15, 0.2) is 30.3 Å². The number of rotatable bonds is 8. The maximum absolute atomic E-state index is 11.7. The van der Waals surface area contributed by atoms with E-state index in [0.717, 1.165) is 13.0 Å². The molecule has 1 rings (SSSR count). The van der Waals surface area contributed by atoms with Crippen LogP contribution in [0.1, 0.15) is 45.6 Å². The minimum absolute atomic E-state index is 0.0820. The maximum Gasteiger partial charge on any atom is 0.234 e. The number of benzene rings is 1. The summed E-state index contributed by atoms with van der Waals surface area (Å²) < 4.78 is 0. The van der Waals surface area contributed by atoms with Gasteiger partial charge in [-0.25, -0.2) is 0 Å². The van der Waals surface area contributed by atoms with E-state index in [9.17, 15) is 4.79 Å². The molecule has 0 bridgehead atoms. The Hall–Kier alpha value is -1.35. The number of hydrogen-bond donors (Lipinski definition) is 2. The predicted molar refractivity (Wildman–Crippen MR) is 84.8 cm³/mol. The van der Waals surface area contributed by atoms with E-state index in [-0.39, 0.29) is 11.9 Å². The Labute approximate surface area is 123 Å². The van der Waals surface area contributed by atoms with E-state index in [1.54, 1.807) is 0 Å². The molecule has 0 aliphatic carbocycles. The van der Waals surface area contributed by atoms with Crippen molar-refractivity contribution in [2.45, 2.75) is 46.1 Å². The van der Waals surface area contributed by atoms with Crippen LogP contribution in [0.3, 0.4) is 0 Å². The maximum atomic E-state index is 11.7. The lowest BCUT2D eigenvalue weighted by molar-refractivity contribution is -0.121. The third kappa shape index (κ3) is 6.20. The van der Waals surface area contributed by atoms with Gasteiger partial charge in [-0.1, -0.05) is 51.1 Å². The first kappa shape index (κ1) is 16.7. The van der Waals surface area contributed by atoms with Crippen LogP contribution in [0, 0.1) is 5.92 Å². The molecule has 0 aliphatic rings. The van der Waals surface area contributed by atoms with Gasteiger partial charge in [-0.2, -0.15) is 0 Å². The van der Waals surface area contributed by atoms with Gasteiger partial charge in [0, 0.05) is 6.04 Å². The number of hydrogen-bond acceptors (Lipinski definition) is 2. The molecule has 3 nitrogen and oxygen atoms in total. The average Bonchev–Trinajstić information content (AvgIpc) is 2.44. The highest BCUT2D eigenvalue weighted by Crippen LogP contribution is 2.17. The molecular formula is C17H28N2O. The summed E-state index contributed by atoms with van der Waals surface area (Å²) in [7, 11) is 0. The van der Waals surface area contributed by atoms with E-state index in [0.29, 0.717) is 18.4 Å². The van der Waals surface area contributed by atoms with Crippen LogP contribution in [0.25, 0.3) is 0 Å². The molecule has 1 aromatic carbocycles. The van der Waals surface area contributed by atoms with Crippen LogP contribution in [-0.4, -0.2) is 25.0 Å². The van der Waals surface area contributed by atoms with Gasteiger partial charge in [-0.15, -0.1) is 0 Å². The lowest BCUT2D eigenvalue weighted by Crippen LogP contribution is -2.41. The highest BCUT2D eigenvalue weighted by Gasteiger charge is 2.10. The van der Waals surface area contributed by atoms with Crippen molar-refractivity contribution in [2.24, 2.45) is 5.92 Å². The summed E-state index contributed by atoms with van der Waals surface area (Å²) in [6.45, 7) is 9.75. The van der Waals surface area contributed by atoms with Crippen LogP contribution in [0.4, 0.5) is 0 Å². The number of carbonyl (C=O) groups excluding carboxylic acids is 1. The van der Waals surface area contributed by atoms with Crippen molar-refractivity contribution in [3.8, 4) is 0 Å². The molecule has 0 spiro atoms. The van der Waals surface area contributed by atoms with Gasteiger partial charge in [0.25, 0.3) is 0 Å². The first-order valence-corrected chi connectivity index (χ1v) is 7.55. The largest absolute Gasteiger partial charge is 0.352 e. The zero-order valence-corrected chi connectivity index (χ0v) is 13.1. The molecule has 0 saturated carbocycles. The zero-order valence-electron chi connectivity index (χ0n) is 13.1. The Bertz CT molecular complexity index is 389. The Balaban J connectivity index is 2.17. The molecule has 2 atom stereocenters. The van der Waals surface area contributed by atoms with E-state index in [2.05, 4.69) is 55.7 Å². The fourth-order valence-electron chi connectivity index (χ4n) is 1.94. The normalized spacial score (nSPS) is 14.1.